The van der Waals surface area contributed by atoms with Crippen LogP contribution >= 0.6 is 11.6 Å². The Morgan fingerprint density at radius 3 is 2.47 bits per heavy atom. The molecule has 2 saturated heterocycles. The molecular formula is C30H37ClF2N8O2. The Morgan fingerprint density at radius 1 is 1.12 bits per heavy atom. The van der Waals surface area contributed by atoms with Gasteiger partial charge in [0.25, 0.3) is 5.91 Å². The summed E-state index contributed by atoms with van der Waals surface area (Å²) in [7, 11) is 2.04. The molecule has 0 saturated carbocycles. The monoisotopic (exact) mass is 614 g/mol. The summed E-state index contributed by atoms with van der Waals surface area (Å²) in [6, 6.07) is 7.82. The van der Waals surface area contributed by atoms with Gasteiger partial charge in [-0.3, -0.25) is 14.6 Å². The third-order valence-electron chi connectivity index (χ3n) is 8.23. The van der Waals surface area contributed by atoms with Gasteiger partial charge in [0.05, 0.1) is 24.5 Å². The number of amides is 1. The van der Waals surface area contributed by atoms with Crippen LogP contribution in [-0.4, -0.2) is 97.3 Å². The summed E-state index contributed by atoms with van der Waals surface area (Å²) in [6.07, 6.45) is 1.22. The number of anilines is 4. The Labute approximate surface area is 255 Å². The molecule has 0 bridgehead atoms. The Balaban J connectivity index is 1.44. The molecule has 13 heteroatoms. The molecule has 1 aromatic heterocycles. The molecule has 2 aromatic carbocycles. The minimum absolute atomic E-state index is 0.0162. The van der Waals surface area contributed by atoms with Crippen LogP contribution in [0.3, 0.4) is 0 Å². The van der Waals surface area contributed by atoms with Crippen molar-refractivity contribution >= 4 is 40.4 Å². The zero-order chi connectivity index (χ0) is 30.7. The molecule has 5 rings (SSSR count). The number of nitrogens with zero attached hydrogens (tertiary/aromatic N) is 5. The van der Waals surface area contributed by atoms with E-state index in [1.807, 2.05) is 11.9 Å². The number of ether oxygens (including phenoxy) is 1. The maximum Gasteiger partial charge on any atom is 0.251 e. The van der Waals surface area contributed by atoms with Gasteiger partial charge >= 0.3 is 0 Å². The van der Waals surface area contributed by atoms with Gasteiger partial charge in [-0.05, 0) is 38.6 Å². The number of piperazine rings is 1. The predicted octanol–water partition coefficient (Wildman–Crippen LogP) is 3.99. The average Bonchev–Trinajstić information content (AvgIpc) is 3.00. The molecular weight excluding hydrogens is 578 g/mol. The van der Waals surface area contributed by atoms with Crippen LogP contribution in [0, 0.1) is 11.6 Å². The largest absolute Gasteiger partial charge is 0.393 e. The van der Waals surface area contributed by atoms with Crippen molar-refractivity contribution in [3.63, 3.8) is 0 Å². The highest BCUT2D eigenvalue weighted by atomic mass is 35.5. The summed E-state index contributed by atoms with van der Waals surface area (Å²) in [4.78, 5) is 27.1. The predicted molar refractivity (Wildman–Crippen MR) is 165 cm³/mol. The van der Waals surface area contributed by atoms with Crippen LogP contribution in [0.4, 0.5) is 31.7 Å². The standard InChI is InChI=1S/C30H37ClF2N8O2/c1-18-15-41(16-19(2)39(18)3)23-14-22(32)24(25(33)27(23)38-29-26(34)28(31)36-17-37-29)20-4-6-21(7-5-20)30(42)35-8-9-40-10-12-43-13-11-40/h4-7,14,17-19H,8-13,15-16,34H2,1-3H3,(H,35,42)(H,36,37,38)/t18-,19+. The topological polar surface area (TPSA) is 112 Å². The van der Waals surface area contributed by atoms with Crippen LogP contribution in [0.15, 0.2) is 36.7 Å². The van der Waals surface area contributed by atoms with Crippen molar-refractivity contribution in [1.29, 1.82) is 0 Å². The van der Waals surface area contributed by atoms with Crippen LogP contribution in [0.5, 0.6) is 0 Å². The summed E-state index contributed by atoms with van der Waals surface area (Å²) in [5.74, 6) is -1.69. The van der Waals surface area contributed by atoms with E-state index >= 15 is 8.78 Å². The lowest BCUT2D eigenvalue weighted by Crippen LogP contribution is -2.55. The first-order valence-electron chi connectivity index (χ1n) is 14.3. The highest BCUT2D eigenvalue weighted by molar-refractivity contribution is 6.32. The van der Waals surface area contributed by atoms with Crippen molar-refractivity contribution in [2.45, 2.75) is 25.9 Å². The molecule has 0 spiro atoms. The molecule has 43 heavy (non-hydrogen) atoms. The van der Waals surface area contributed by atoms with Gasteiger partial charge in [-0.2, -0.15) is 0 Å². The highest BCUT2D eigenvalue weighted by Gasteiger charge is 2.31. The van der Waals surface area contributed by atoms with Crippen molar-refractivity contribution < 1.29 is 18.3 Å². The van der Waals surface area contributed by atoms with Gasteiger partial charge in [-0.25, -0.2) is 18.7 Å². The molecule has 230 valence electrons. The van der Waals surface area contributed by atoms with Gasteiger partial charge < -0.3 is 26.0 Å². The molecule has 10 nitrogen and oxygen atoms in total. The zero-order valence-corrected chi connectivity index (χ0v) is 25.3. The quantitative estimate of drug-likeness (QED) is 0.324. The van der Waals surface area contributed by atoms with Crippen molar-refractivity contribution in [1.82, 2.24) is 25.1 Å². The van der Waals surface area contributed by atoms with E-state index in [0.717, 1.165) is 19.6 Å². The average molecular weight is 615 g/mol. The fourth-order valence-electron chi connectivity index (χ4n) is 5.48. The van der Waals surface area contributed by atoms with Gasteiger partial charge in [0, 0.05) is 63.0 Å². The van der Waals surface area contributed by atoms with Crippen LogP contribution in [0.2, 0.25) is 5.15 Å². The summed E-state index contributed by atoms with van der Waals surface area (Å²) in [6.45, 7) is 9.51. The minimum atomic E-state index is -0.814. The van der Waals surface area contributed by atoms with Gasteiger partial charge in [0.1, 0.15) is 23.5 Å². The molecule has 1 amide bonds. The van der Waals surface area contributed by atoms with Gasteiger partial charge in [0.15, 0.2) is 16.8 Å². The lowest BCUT2D eigenvalue weighted by Gasteiger charge is -2.44. The summed E-state index contributed by atoms with van der Waals surface area (Å²) < 4.78 is 37.6. The normalized spacial score (nSPS) is 19.8. The number of nitrogens with one attached hydrogen (secondary N) is 2. The van der Waals surface area contributed by atoms with Gasteiger partial charge in [-0.1, -0.05) is 23.7 Å². The number of hydrogen-bond acceptors (Lipinski definition) is 9. The molecule has 2 aliphatic rings. The summed E-state index contributed by atoms with van der Waals surface area (Å²) in [5.41, 5.74) is 6.94. The van der Waals surface area contributed by atoms with E-state index in [0.29, 0.717) is 44.1 Å². The first kappa shape index (κ1) is 30.9. The first-order chi connectivity index (χ1) is 20.6. The zero-order valence-electron chi connectivity index (χ0n) is 24.5. The number of nitrogens with two attached hydrogens (primary N) is 1. The van der Waals surface area contributed by atoms with E-state index < -0.39 is 11.6 Å². The lowest BCUT2D eigenvalue weighted by atomic mass is 9.99. The van der Waals surface area contributed by atoms with Crippen LogP contribution < -0.4 is 21.3 Å². The number of nitrogen functional groups attached to an aromatic ring is 1. The molecule has 0 aliphatic carbocycles. The number of rotatable bonds is 8. The third kappa shape index (κ3) is 6.82. The van der Waals surface area contributed by atoms with Crippen molar-refractivity contribution in [3.05, 3.63) is 59.0 Å². The number of morpholine rings is 1. The maximum atomic E-state index is 16.5. The van der Waals surface area contributed by atoms with Crippen LogP contribution in [0.25, 0.3) is 11.1 Å². The smallest absolute Gasteiger partial charge is 0.251 e. The molecule has 3 aromatic rings. The molecule has 3 heterocycles. The number of carbonyl (C=O) groups is 1. The fraction of sp³-hybridized carbons (Fsp3) is 0.433. The Bertz CT molecular complexity index is 1440. The number of benzene rings is 2. The highest BCUT2D eigenvalue weighted by Crippen LogP contribution is 2.41. The number of halogens is 3. The Hall–Kier alpha value is -3.58. The molecule has 0 unspecified atom stereocenters. The lowest BCUT2D eigenvalue weighted by molar-refractivity contribution is 0.0383. The maximum absolute atomic E-state index is 16.5. The van der Waals surface area contributed by atoms with Gasteiger partial charge in [0.2, 0.25) is 0 Å². The van der Waals surface area contributed by atoms with E-state index in [-0.39, 0.29) is 51.5 Å². The second kappa shape index (κ2) is 13.4. The summed E-state index contributed by atoms with van der Waals surface area (Å²) in [5, 5.41) is 5.89. The van der Waals surface area contributed by atoms with Crippen LogP contribution in [-0.2, 0) is 4.74 Å². The van der Waals surface area contributed by atoms with E-state index in [4.69, 9.17) is 22.1 Å². The fourth-order valence-corrected chi connectivity index (χ4v) is 5.61. The van der Waals surface area contributed by atoms with Crippen LogP contribution in [0.1, 0.15) is 24.2 Å². The Kier molecular flexibility index (Phi) is 9.60. The van der Waals surface area contributed by atoms with E-state index in [1.54, 1.807) is 12.1 Å². The first-order valence-corrected chi connectivity index (χ1v) is 14.7. The molecule has 2 atom stereocenters. The van der Waals surface area contributed by atoms with E-state index in [2.05, 4.69) is 44.2 Å². The minimum Gasteiger partial charge on any atom is -0.393 e. The summed E-state index contributed by atoms with van der Waals surface area (Å²) >= 11 is 6.10. The van der Waals surface area contributed by atoms with Crippen molar-refractivity contribution in [2.75, 3.05) is 75.5 Å². The van der Waals surface area contributed by atoms with E-state index in [9.17, 15) is 4.79 Å². The molecule has 2 aliphatic heterocycles. The number of hydrogen-bond donors (Lipinski definition) is 3. The third-order valence-corrected chi connectivity index (χ3v) is 8.53. The van der Waals surface area contributed by atoms with Gasteiger partial charge in [-0.15, -0.1) is 0 Å². The Morgan fingerprint density at radius 2 is 1.79 bits per heavy atom. The number of aromatic nitrogens is 2. The second-order valence-electron chi connectivity index (χ2n) is 11.0. The van der Waals surface area contributed by atoms with Crippen molar-refractivity contribution in [2.24, 2.45) is 0 Å². The molecule has 0 radical (unpaired) electrons. The number of carbonyl (C=O) groups excluding carboxylic acids is 1. The number of likely N-dealkylation sites (N-methyl/N-ethyl adjacent to an activating group) is 1. The molecule has 2 fully saturated rings. The SMILES string of the molecule is C[C@@H]1CN(c2cc(F)c(-c3ccc(C(=O)NCCN4CCOCC4)cc3)c(F)c2Nc2ncnc(Cl)c2N)C[C@H](C)N1C. The molecule has 4 N–H and O–H groups in total. The second-order valence-corrected chi connectivity index (χ2v) is 11.4. The van der Waals surface area contributed by atoms with Crippen molar-refractivity contribution in [3.8, 4) is 11.1 Å². The van der Waals surface area contributed by atoms with E-state index in [1.165, 1.54) is 24.5 Å².